The SMILES string of the molecule is CC(C)=CCC[C@@](C)(O)[C@H]1CC[C@]2(C)C1[C@H](O)CC1[C@@]3(C)CC[C@H](O[C@@H]4O[C@H](CO)[C@@H](O)[C@H](O)[C@H]4O[C@@H]4O[C@H](CO)[C@@H](O)[C@H](O)[C@H]4O)C(C)(C)[C@@H]3CC[C@]12C. The van der Waals surface area contributed by atoms with Gasteiger partial charge in [-0.25, -0.2) is 0 Å². The molecule has 6 rings (SSSR count). The van der Waals surface area contributed by atoms with E-state index in [0.717, 1.165) is 38.5 Å². The van der Waals surface area contributed by atoms with E-state index in [1.165, 1.54) is 5.57 Å². The zero-order valence-electron chi connectivity index (χ0n) is 34.3. The van der Waals surface area contributed by atoms with Crippen LogP contribution in [0.2, 0.25) is 0 Å². The largest absolute Gasteiger partial charge is 0.394 e. The van der Waals surface area contributed by atoms with Gasteiger partial charge in [-0.3, -0.25) is 0 Å². The Morgan fingerprint density at radius 2 is 1.33 bits per heavy atom. The Labute approximate surface area is 327 Å². The van der Waals surface area contributed by atoms with Gasteiger partial charge in [0, 0.05) is 0 Å². The normalized spacial score (nSPS) is 52.0. The zero-order chi connectivity index (χ0) is 40.6. The zero-order valence-corrected chi connectivity index (χ0v) is 34.3. The lowest BCUT2D eigenvalue weighted by Crippen LogP contribution is -2.68. The lowest BCUT2D eigenvalue weighted by molar-refractivity contribution is -0.378. The second-order valence-corrected chi connectivity index (χ2v) is 20.1. The van der Waals surface area contributed by atoms with E-state index in [1.807, 2.05) is 6.92 Å². The molecule has 0 spiro atoms. The van der Waals surface area contributed by atoms with E-state index in [4.69, 9.17) is 18.9 Å². The van der Waals surface area contributed by atoms with Gasteiger partial charge in [0.2, 0.25) is 0 Å². The Bertz CT molecular complexity index is 1370. The van der Waals surface area contributed by atoms with Crippen molar-refractivity contribution in [2.75, 3.05) is 13.2 Å². The molecule has 0 aromatic carbocycles. The molecule has 13 heteroatoms. The molecule has 2 saturated heterocycles. The number of aliphatic hydroxyl groups is 9. The first-order valence-electron chi connectivity index (χ1n) is 20.9. The van der Waals surface area contributed by atoms with Crippen LogP contribution in [0.15, 0.2) is 11.6 Å². The van der Waals surface area contributed by atoms with Crippen molar-refractivity contribution in [1.29, 1.82) is 0 Å². The molecule has 318 valence electrons. The smallest absolute Gasteiger partial charge is 0.187 e. The van der Waals surface area contributed by atoms with Crippen LogP contribution in [-0.4, -0.2) is 138 Å². The Hall–Kier alpha value is -0.780. The van der Waals surface area contributed by atoms with Crippen LogP contribution in [-0.2, 0) is 18.9 Å². The molecule has 0 aromatic heterocycles. The van der Waals surface area contributed by atoms with Crippen molar-refractivity contribution in [3.8, 4) is 0 Å². The summed E-state index contributed by atoms with van der Waals surface area (Å²) in [5, 5.41) is 97.4. The average molecular weight is 785 g/mol. The van der Waals surface area contributed by atoms with E-state index in [2.05, 4.69) is 54.5 Å². The Morgan fingerprint density at radius 1 is 0.727 bits per heavy atom. The molecule has 2 heterocycles. The molecule has 13 nitrogen and oxygen atoms in total. The molecule has 6 fully saturated rings. The van der Waals surface area contributed by atoms with Gasteiger partial charge >= 0.3 is 0 Å². The van der Waals surface area contributed by atoms with Gasteiger partial charge in [-0.15, -0.1) is 0 Å². The molecular weight excluding hydrogens is 712 g/mol. The maximum absolute atomic E-state index is 12.2. The van der Waals surface area contributed by atoms with E-state index < -0.39 is 97.8 Å². The third-order valence-corrected chi connectivity index (χ3v) is 16.6. The molecule has 6 aliphatic rings. The summed E-state index contributed by atoms with van der Waals surface area (Å²) >= 11 is 0. The van der Waals surface area contributed by atoms with Gasteiger partial charge in [-0.2, -0.15) is 0 Å². The van der Waals surface area contributed by atoms with E-state index in [-0.39, 0.29) is 39.9 Å². The predicted octanol–water partition coefficient (Wildman–Crippen LogP) is 2.15. The minimum absolute atomic E-state index is 0.00798. The first-order valence-corrected chi connectivity index (χ1v) is 20.9. The first-order chi connectivity index (χ1) is 25.6. The lowest BCUT2D eigenvalue weighted by atomic mass is 9.35. The van der Waals surface area contributed by atoms with E-state index >= 15 is 0 Å². The van der Waals surface area contributed by atoms with Crippen molar-refractivity contribution in [2.24, 2.45) is 45.3 Å². The van der Waals surface area contributed by atoms with Crippen LogP contribution in [0.5, 0.6) is 0 Å². The summed E-state index contributed by atoms with van der Waals surface area (Å²) in [4.78, 5) is 0. The van der Waals surface area contributed by atoms with Gasteiger partial charge in [0.25, 0.3) is 0 Å². The summed E-state index contributed by atoms with van der Waals surface area (Å²) < 4.78 is 24.4. The number of ether oxygens (including phenoxy) is 4. The van der Waals surface area contributed by atoms with Gasteiger partial charge in [-0.05, 0) is 124 Å². The number of allylic oxidation sites excluding steroid dienone is 2. The quantitative estimate of drug-likeness (QED) is 0.115. The molecule has 2 unspecified atom stereocenters. The van der Waals surface area contributed by atoms with Gasteiger partial charge in [0.15, 0.2) is 12.6 Å². The van der Waals surface area contributed by atoms with Crippen LogP contribution < -0.4 is 0 Å². The summed E-state index contributed by atoms with van der Waals surface area (Å²) in [6.45, 7) is 16.5. The van der Waals surface area contributed by atoms with Crippen molar-refractivity contribution in [3.05, 3.63) is 11.6 Å². The Morgan fingerprint density at radius 3 is 1.95 bits per heavy atom. The summed E-state index contributed by atoms with van der Waals surface area (Å²) in [5.74, 6) is 0.445. The molecule has 0 amide bonds. The minimum Gasteiger partial charge on any atom is -0.394 e. The maximum Gasteiger partial charge on any atom is 0.187 e. The van der Waals surface area contributed by atoms with Crippen LogP contribution in [0.3, 0.4) is 0 Å². The lowest BCUT2D eigenvalue weighted by Gasteiger charge is -2.70. The third kappa shape index (κ3) is 7.20. The van der Waals surface area contributed by atoms with Crippen LogP contribution in [0, 0.1) is 45.3 Å². The molecule has 4 aliphatic carbocycles. The molecule has 0 radical (unpaired) electrons. The number of aliphatic hydroxyl groups excluding tert-OH is 8. The van der Waals surface area contributed by atoms with Crippen LogP contribution in [0.4, 0.5) is 0 Å². The van der Waals surface area contributed by atoms with Gasteiger partial charge < -0.3 is 64.9 Å². The summed E-state index contributed by atoms with van der Waals surface area (Å²) in [5.41, 5.74) is -0.405. The maximum atomic E-state index is 12.2. The Balaban J connectivity index is 1.23. The van der Waals surface area contributed by atoms with Gasteiger partial charge in [0.1, 0.15) is 48.8 Å². The fraction of sp³-hybridized carbons (Fsp3) is 0.952. The molecule has 0 aromatic rings. The fourth-order valence-corrected chi connectivity index (χ4v) is 13.3. The van der Waals surface area contributed by atoms with Crippen molar-refractivity contribution >= 4 is 0 Å². The average Bonchev–Trinajstić information content (AvgIpc) is 3.50. The fourth-order valence-electron chi connectivity index (χ4n) is 13.3. The third-order valence-electron chi connectivity index (χ3n) is 16.6. The Kier molecular flexibility index (Phi) is 12.5. The molecule has 0 bridgehead atoms. The topological polar surface area (TPSA) is 219 Å². The summed E-state index contributed by atoms with van der Waals surface area (Å²) in [7, 11) is 0. The monoisotopic (exact) mass is 784 g/mol. The van der Waals surface area contributed by atoms with E-state index in [0.29, 0.717) is 19.3 Å². The van der Waals surface area contributed by atoms with Crippen molar-refractivity contribution in [3.63, 3.8) is 0 Å². The second-order valence-electron chi connectivity index (χ2n) is 20.1. The number of fused-ring (bicyclic) bond motifs is 5. The second kappa shape index (κ2) is 15.7. The first kappa shape index (κ1) is 43.8. The number of hydrogen-bond donors (Lipinski definition) is 9. The molecular formula is C42H72O13. The molecule has 20 atom stereocenters. The summed E-state index contributed by atoms with van der Waals surface area (Å²) in [6, 6.07) is 0. The van der Waals surface area contributed by atoms with Crippen LogP contribution in [0.25, 0.3) is 0 Å². The van der Waals surface area contributed by atoms with Gasteiger partial charge in [0.05, 0.1) is 31.0 Å². The minimum atomic E-state index is -1.75. The molecule has 2 aliphatic heterocycles. The molecule has 4 saturated carbocycles. The molecule has 9 N–H and O–H groups in total. The number of hydrogen-bond acceptors (Lipinski definition) is 13. The van der Waals surface area contributed by atoms with Crippen LogP contribution >= 0.6 is 0 Å². The van der Waals surface area contributed by atoms with Crippen LogP contribution in [0.1, 0.15) is 113 Å². The highest BCUT2D eigenvalue weighted by molar-refractivity contribution is 5.20. The van der Waals surface area contributed by atoms with E-state index in [9.17, 15) is 46.0 Å². The standard InChI is InChI=1S/C42H72O13/c1-21(2)10-9-14-42(8,51)22-11-16-41(7)29(22)23(45)18-27-39(5)15-13-28(38(3,4)26(39)12-17-40(27,41)6)54-37-35(33(49)31(47)25(20-44)53-37)55-36-34(50)32(48)30(46)24(19-43)52-36/h10,22-37,43-51H,9,11-20H2,1-8H3/t22-,23+,24+,25+,26-,27?,28-,29?,30+,31+,32-,33-,34+,35+,36-,37-,39-,40+,41+,42+/m0/s1. The number of rotatable bonds is 10. The highest BCUT2D eigenvalue weighted by atomic mass is 16.8. The highest BCUT2D eigenvalue weighted by Crippen LogP contribution is 2.76. The van der Waals surface area contributed by atoms with Crippen molar-refractivity contribution < 1.29 is 64.9 Å². The van der Waals surface area contributed by atoms with Crippen molar-refractivity contribution in [2.45, 2.75) is 192 Å². The summed E-state index contributed by atoms with van der Waals surface area (Å²) in [6.07, 6.45) is -6.48. The highest BCUT2D eigenvalue weighted by Gasteiger charge is 2.71. The molecule has 55 heavy (non-hydrogen) atoms. The van der Waals surface area contributed by atoms with Gasteiger partial charge in [-0.1, -0.05) is 46.3 Å². The van der Waals surface area contributed by atoms with E-state index in [1.54, 1.807) is 0 Å². The predicted molar refractivity (Wildman–Crippen MR) is 201 cm³/mol. The van der Waals surface area contributed by atoms with Crippen molar-refractivity contribution in [1.82, 2.24) is 0 Å².